The smallest absolute Gasteiger partial charge is 0.308 e. The number of nitrogens with zero attached hydrogens (tertiary/aromatic N) is 4. The Hall–Kier alpha value is -10.5. The average molecular weight is 1360 g/mol. The SMILES string of the molecule is N#Cc1cc(-n2c3ccc(-c4cc(C(F)(F)F)cc(C(F)(F)F)c4)cc3c3cc(-c4cc(C(F)(F)F)cc(C(F)(F)F)c4)ccc32)c(-c2ccncc2)c(-n2c3ccc(-c4cc(C(F)(F)F)cc(C(F)(F)F)c4)cc3c3cc(-c4cc(C(F)(F)F)cc(C(F)(F)F)c4)ccc32)c1. The van der Waals surface area contributed by atoms with Crippen LogP contribution in [-0.2, 0) is 49.4 Å². The maximum Gasteiger partial charge on any atom is 0.416 e. The van der Waals surface area contributed by atoms with Crippen LogP contribution in [0.5, 0.6) is 0 Å². The van der Waals surface area contributed by atoms with Crippen molar-refractivity contribution < 1.29 is 105 Å². The third kappa shape index (κ3) is 12.3. The van der Waals surface area contributed by atoms with Crippen molar-refractivity contribution in [3.63, 3.8) is 0 Å². The standard InChI is InChI=1S/C68H30F24N4/c69-61(70,71)42-15-38(16-43(27-42)62(72,73)74)34-1-5-54-50(23-34)51-24-35(39-17-44(63(75,76)77)28-45(18-39)64(78,79)80)2-6-55(51)95(54)58-13-32(31-93)14-59(60(58)33-9-11-94-12-10-33)96-56-7-3-36(40-19-46(65(81,82)83)29-47(20-40)66(84,85)86)25-52(56)53-26-37(4-8-57(53)96)41-21-48(67(87,88)89)30-49(22-41)68(90,91)92/h1-30H. The molecule has 0 aliphatic carbocycles. The average Bonchev–Trinajstić information content (AvgIpc) is 1.48. The highest BCUT2D eigenvalue weighted by Gasteiger charge is 2.42. The maximum absolute atomic E-state index is 14.4. The number of hydrogen-bond donors (Lipinski definition) is 0. The molecule has 0 amide bonds. The van der Waals surface area contributed by atoms with Crippen LogP contribution in [0, 0.1) is 11.3 Å². The van der Waals surface area contributed by atoms with E-state index in [4.69, 9.17) is 0 Å². The molecule has 9 aromatic carbocycles. The summed E-state index contributed by atoms with van der Waals surface area (Å²) in [6, 6.07) is 23.3. The maximum atomic E-state index is 14.4. The zero-order chi connectivity index (χ0) is 69.5. The Bertz CT molecular complexity index is 4490. The van der Waals surface area contributed by atoms with Gasteiger partial charge in [0.05, 0.1) is 89.6 Å². The summed E-state index contributed by atoms with van der Waals surface area (Å²) in [4.78, 5) is 4.08. The fourth-order valence-electron chi connectivity index (χ4n) is 11.6. The van der Waals surface area contributed by atoms with Crippen molar-refractivity contribution in [2.75, 3.05) is 0 Å². The Morgan fingerprint density at radius 2 is 0.469 bits per heavy atom. The second-order valence-corrected chi connectivity index (χ2v) is 22.0. The number of fused-ring (bicyclic) bond motifs is 6. The van der Waals surface area contributed by atoms with Gasteiger partial charge in [-0.1, -0.05) is 24.3 Å². The molecular weight excluding hydrogens is 1330 g/mol. The van der Waals surface area contributed by atoms with Gasteiger partial charge in [0, 0.05) is 39.5 Å². The van der Waals surface area contributed by atoms with E-state index in [-0.39, 0.29) is 118 Å². The predicted octanol–water partition coefficient (Wildman–Crippen LogP) is 23.6. The zero-order valence-corrected chi connectivity index (χ0v) is 47.2. The predicted molar refractivity (Wildman–Crippen MR) is 305 cm³/mol. The van der Waals surface area contributed by atoms with Crippen LogP contribution in [0.2, 0.25) is 0 Å². The lowest BCUT2D eigenvalue weighted by atomic mass is 9.96. The molecule has 0 atom stereocenters. The summed E-state index contributed by atoms with van der Waals surface area (Å²) >= 11 is 0. The van der Waals surface area contributed by atoms with Gasteiger partial charge in [0.25, 0.3) is 0 Å². The second-order valence-electron chi connectivity index (χ2n) is 22.0. The van der Waals surface area contributed by atoms with Crippen molar-refractivity contribution >= 4 is 43.6 Å². The summed E-state index contributed by atoms with van der Waals surface area (Å²) in [6.45, 7) is 0. The highest BCUT2D eigenvalue weighted by atomic mass is 19.4. The number of hydrogen-bond acceptors (Lipinski definition) is 2. The van der Waals surface area contributed by atoms with E-state index in [1.807, 2.05) is 6.07 Å². The van der Waals surface area contributed by atoms with E-state index < -0.39 is 116 Å². The third-order valence-electron chi connectivity index (χ3n) is 15.9. The molecule has 96 heavy (non-hydrogen) atoms. The van der Waals surface area contributed by atoms with Crippen LogP contribution < -0.4 is 0 Å². The minimum atomic E-state index is -5.37. The lowest BCUT2D eigenvalue weighted by molar-refractivity contribution is -0.144. The van der Waals surface area contributed by atoms with Crippen LogP contribution in [0.25, 0.3) is 111 Å². The Morgan fingerprint density at radius 3 is 0.667 bits per heavy atom. The number of nitriles is 1. The van der Waals surface area contributed by atoms with E-state index in [0.717, 1.165) is 48.5 Å². The molecule has 0 aliphatic rings. The molecule has 0 unspecified atom stereocenters. The van der Waals surface area contributed by atoms with E-state index in [0.29, 0.717) is 48.5 Å². The van der Waals surface area contributed by atoms with Gasteiger partial charge >= 0.3 is 49.4 Å². The summed E-state index contributed by atoms with van der Waals surface area (Å²) in [7, 11) is 0. The summed E-state index contributed by atoms with van der Waals surface area (Å²) in [5.74, 6) is 0. The van der Waals surface area contributed by atoms with Crippen LogP contribution in [0.1, 0.15) is 50.1 Å². The molecule has 0 spiro atoms. The van der Waals surface area contributed by atoms with Gasteiger partial charge in [0.1, 0.15) is 0 Å². The van der Waals surface area contributed by atoms with E-state index in [2.05, 4.69) is 4.98 Å². The van der Waals surface area contributed by atoms with Gasteiger partial charge < -0.3 is 9.13 Å². The largest absolute Gasteiger partial charge is 0.416 e. The number of benzene rings is 9. The Labute approximate surface area is 521 Å². The fraction of sp³-hybridized carbons (Fsp3) is 0.118. The molecule has 490 valence electrons. The first-order valence-electron chi connectivity index (χ1n) is 27.4. The molecule has 12 aromatic rings. The molecule has 3 aromatic heterocycles. The van der Waals surface area contributed by atoms with E-state index in [1.54, 1.807) is 0 Å². The van der Waals surface area contributed by atoms with Gasteiger partial charge in [0.15, 0.2) is 0 Å². The molecule has 12 rings (SSSR count). The van der Waals surface area contributed by atoms with Gasteiger partial charge in [0.2, 0.25) is 0 Å². The van der Waals surface area contributed by atoms with E-state index >= 15 is 0 Å². The summed E-state index contributed by atoms with van der Waals surface area (Å²) in [5, 5.41) is 10.4. The molecule has 0 saturated carbocycles. The highest BCUT2D eigenvalue weighted by Crippen LogP contribution is 2.49. The lowest BCUT2D eigenvalue weighted by Gasteiger charge is -2.21. The first kappa shape index (κ1) is 65.6. The summed E-state index contributed by atoms with van der Waals surface area (Å²) in [5.41, 5.74) is -18.8. The normalized spacial score (nSPS) is 13.2. The van der Waals surface area contributed by atoms with E-state index in [9.17, 15) is 111 Å². The number of aromatic nitrogens is 3. The monoisotopic (exact) mass is 1360 g/mol. The second kappa shape index (κ2) is 22.3. The Kier molecular flexibility index (Phi) is 15.3. The number of rotatable bonds is 7. The van der Waals surface area contributed by atoms with Gasteiger partial charge in [-0.15, -0.1) is 0 Å². The zero-order valence-electron chi connectivity index (χ0n) is 47.2. The molecule has 0 aliphatic heterocycles. The van der Waals surface area contributed by atoms with Gasteiger partial charge in [-0.05, 0) is 196 Å². The minimum Gasteiger partial charge on any atom is -0.308 e. The number of pyridine rings is 1. The number of halogens is 24. The van der Waals surface area contributed by atoms with Crippen LogP contribution >= 0.6 is 0 Å². The van der Waals surface area contributed by atoms with Crippen molar-refractivity contribution in [1.29, 1.82) is 5.26 Å². The van der Waals surface area contributed by atoms with Crippen LogP contribution in [0.15, 0.2) is 182 Å². The fourth-order valence-corrected chi connectivity index (χ4v) is 11.6. The Balaban J connectivity index is 1.20. The first-order valence-corrected chi connectivity index (χ1v) is 27.4. The highest BCUT2D eigenvalue weighted by molar-refractivity contribution is 6.14. The van der Waals surface area contributed by atoms with Crippen LogP contribution in [-0.4, -0.2) is 14.1 Å². The summed E-state index contributed by atoms with van der Waals surface area (Å²) in [6.07, 6.45) is -40.4. The van der Waals surface area contributed by atoms with Crippen molar-refractivity contribution in [3.05, 3.63) is 232 Å². The van der Waals surface area contributed by atoms with Gasteiger partial charge in [-0.3, -0.25) is 4.98 Å². The molecule has 0 N–H and O–H groups in total. The molecular formula is C68H30F24N4. The molecule has 0 radical (unpaired) electrons. The van der Waals surface area contributed by atoms with Crippen LogP contribution in [0.4, 0.5) is 105 Å². The van der Waals surface area contributed by atoms with Crippen molar-refractivity contribution in [3.8, 4) is 73.1 Å². The number of alkyl halides is 24. The molecule has 28 heteroatoms. The molecule has 0 saturated heterocycles. The quantitative estimate of drug-likeness (QED) is 0.149. The van der Waals surface area contributed by atoms with Crippen molar-refractivity contribution in [2.24, 2.45) is 0 Å². The van der Waals surface area contributed by atoms with Gasteiger partial charge in [-0.25, -0.2) is 0 Å². The van der Waals surface area contributed by atoms with Crippen molar-refractivity contribution in [1.82, 2.24) is 14.1 Å². The minimum absolute atomic E-state index is 0.00362. The first-order chi connectivity index (χ1) is 44.5. The van der Waals surface area contributed by atoms with E-state index in [1.165, 1.54) is 70.1 Å². The van der Waals surface area contributed by atoms with Crippen molar-refractivity contribution in [2.45, 2.75) is 49.4 Å². The topological polar surface area (TPSA) is 46.5 Å². The molecule has 0 fully saturated rings. The lowest BCUT2D eigenvalue weighted by Crippen LogP contribution is -2.11. The van der Waals surface area contributed by atoms with Crippen LogP contribution in [0.3, 0.4) is 0 Å². The van der Waals surface area contributed by atoms with Gasteiger partial charge in [-0.2, -0.15) is 111 Å². The summed E-state index contributed by atoms with van der Waals surface area (Å²) < 4.78 is 347. The molecule has 0 bridgehead atoms. The third-order valence-corrected chi connectivity index (χ3v) is 15.9. The molecule has 4 nitrogen and oxygen atoms in total. The molecule has 3 heterocycles. The Morgan fingerprint density at radius 1 is 0.250 bits per heavy atom.